The number of amides is 1. The summed E-state index contributed by atoms with van der Waals surface area (Å²) in [5.74, 6) is 3.52. The molecule has 2 aliphatic rings. The Hall–Kier alpha value is -2.03. The molecule has 126 valence electrons. The van der Waals surface area contributed by atoms with Crippen LogP contribution in [0.5, 0.6) is 0 Å². The van der Waals surface area contributed by atoms with Crippen molar-refractivity contribution in [2.45, 2.75) is 50.5 Å². The third-order valence-electron chi connectivity index (χ3n) is 5.84. The SMILES string of the molecule is C[C@@H]1C[C@@H]1c1ccc(CN(C)C(=O)C2(c3ccccc3)CCC2)o1. The number of rotatable bonds is 5. The summed E-state index contributed by atoms with van der Waals surface area (Å²) in [4.78, 5) is 15.0. The number of hydrogen-bond donors (Lipinski definition) is 0. The zero-order valence-corrected chi connectivity index (χ0v) is 14.5. The Morgan fingerprint density at radius 1 is 1.21 bits per heavy atom. The minimum atomic E-state index is -0.323. The monoisotopic (exact) mass is 323 g/mol. The van der Waals surface area contributed by atoms with E-state index in [0.717, 1.165) is 42.3 Å². The Bertz CT molecular complexity index is 729. The van der Waals surface area contributed by atoms with Gasteiger partial charge in [-0.25, -0.2) is 0 Å². The standard InChI is InChI=1S/C21H25NO2/c1-15-13-18(15)19-10-9-17(24-19)14-22(2)20(23)21(11-6-12-21)16-7-4-3-5-8-16/h3-5,7-10,15,18H,6,11-14H2,1-2H3/t15-,18+/m1/s1. The van der Waals surface area contributed by atoms with Crippen LogP contribution in [-0.2, 0) is 16.8 Å². The van der Waals surface area contributed by atoms with Crippen molar-refractivity contribution in [3.63, 3.8) is 0 Å². The van der Waals surface area contributed by atoms with Gasteiger partial charge in [0, 0.05) is 13.0 Å². The lowest BCUT2D eigenvalue weighted by Crippen LogP contribution is -2.49. The van der Waals surface area contributed by atoms with Crippen molar-refractivity contribution in [3.05, 3.63) is 59.5 Å². The van der Waals surface area contributed by atoms with Crippen molar-refractivity contribution in [2.24, 2.45) is 5.92 Å². The maximum absolute atomic E-state index is 13.1. The van der Waals surface area contributed by atoms with Crippen LogP contribution in [0.3, 0.4) is 0 Å². The summed E-state index contributed by atoms with van der Waals surface area (Å²) in [6, 6.07) is 14.3. The third kappa shape index (κ3) is 2.56. The number of nitrogens with zero attached hydrogens (tertiary/aromatic N) is 1. The molecule has 0 aliphatic heterocycles. The first-order chi connectivity index (χ1) is 11.6. The number of likely N-dealkylation sites (N-methyl/N-ethyl adjacent to an activating group) is 1. The fourth-order valence-electron chi connectivity index (χ4n) is 3.98. The molecule has 0 saturated heterocycles. The van der Waals surface area contributed by atoms with Gasteiger partial charge >= 0.3 is 0 Å². The van der Waals surface area contributed by atoms with Crippen molar-refractivity contribution in [3.8, 4) is 0 Å². The summed E-state index contributed by atoms with van der Waals surface area (Å²) in [5.41, 5.74) is 0.830. The number of carbonyl (C=O) groups is 1. The molecule has 2 aliphatic carbocycles. The molecule has 3 nitrogen and oxygen atoms in total. The van der Waals surface area contributed by atoms with Gasteiger partial charge in [-0.15, -0.1) is 0 Å². The molecule has 1 heterocycles. The lowest BCUT2D eigenvalue weighted by atomic mass is 9.63. The molecule has 0 unspecified atom stereocenters. The van der Waals surface area contributed by atoms with E-state index in [-0.39, 0.29) is 11.3 Å². The number of carbonyl (C=O) groups excluding carboxylic acids is 1. The van der Waals surface area contributed by atoms with Crippen molar-refractivity contribution in [1.82, 2.24) is 4.90 Å². The van der Waals surface area contributed by atoms with Gasteiger partial charge in [-0.2, -0.15) is 0 Å². The van der Waals surface area contributed by atoms with Gasteiger partial charge in [-0.3, -0.25) is 4.79 Å². The lowest BCUT2D eigenvalue weighted by Gasteiger charge is -2.43. The summed E-state index contributed by atoms with van der Waals surface area (Å²) in [7, 11) is 1.90. The number of benzene rings is 1. The molecular weight excluding hydrogens is 298 g/mol. The van der Waals surface area contributed by atoms with Gasteiger partial charge in [-0.1, -0.05) is 43.7 Å². The molecule has 4 rings (SSSR count). The molecule has 0 N–H and O–H groups in total. The number of furan rings is 1. The van der Waals surface area contributed by atoms with Crippen molar-refractivity contribution < 1.29 is 9.21 Å². The predicted octanol–water partition coefficient (Wildman–Crippen LogP) is 4.48. The summed E-state index contributed by atoms with van der Waals surface area (Å²) in [6.07, 6.45) is 4.24. The average molecular weight is 323 g/mol. The van der Waals surface area contributed by atoms with Gasteiger partial charge in [0.15, 0.2) is 0 Å². The molecule has 0 bridgehead atoms. The first-order valence-electron chi connectivity index (χ1n) is 9.00. The van der Waals surface area contributed by atoms with Gasteiger partial charge in [0.05, 0.1) is 12.0 Å². The van der Waals surface area contributed by atoms with Gasteiger partial charge in [-0.05, 0) is 42.9 Å². The highest BCUT2D eigenvalue weighted by molar-refractivity contribution is 5.89. The van der Waals surface area contributed by atoms with Crippen LogP contribution in [0.2, 0.25) is 0 Å². The highest BCUT2D eigenvalue weighted by Crippen LogP contribution is 2.48. The first kappa shape index (κ1) is 15.5. The first-order valence-corrected chi connectivity index (χ1v) is 9.00. The van der Waals surface area contributed by atoms with Crippen molar-refractivity contribution in [2.75, 3.05) is 7.05 Å². The van der Waals surface area contributed by atoms with E-state index in [0.29, 0.717) is 12.5 Å². The lowest BCUT2D eigenvalue weighted by molar-refractivity contribution is -0.140. The second-order valence-electron chi connectivity index (χ2n) is 7.59. The quantitative estimate of drug-likeness (QED) is 0.812. The topological polar surface area (TPSA) is 33.5 Å². The van der Waals surface area contributed by atoms with Crippen LogP contribution in [0, 0.1) is 5.92 Å². The summed E-state index contributed by atoms with van der Waals surface area (Å²) in [5, 5.41) is 0. The zero-order chi connectivity index (χ0) is 16.7. The fourth-order valence-corrected chi connectivity index (χ4v) is 3.98. The van der Waals surface area contributed by atoms with E-state index < -0.39 is 0 Å². The Kier molecular flexibility index (Phi) is 3.75. The maximum atomic E-state index is 13.1. The van der Waals surface area contributed by atoms with Gasteiger partial charge in [0.2, 0.25) is 5.91 Å². The Morgan fingerprint density at radius 3 is 2.50 bits per heavy atom. The minimum Gasteiger partial charge on any atom is -0.464 e. The summed E-state index contributed by atoms with van der Waals surface area (Å²) < 4.78 is 5.97. The van der Waals surface area contributed by atoms with Crippen LogP contribution >= 0.6 is 0 Å². The molecule has 3 heteroatoms. The molecular formula is C21H25NO2. The molecule has 2 saturated carbocycles. The second-order valence-corrected chi connectivity index (χ2v) is 7.59. The van der Waals surface area contributed by atoms with Gasteiger partial charge < -0.3 is 9.32 Å². The van der Waals surface area contributed by atoms with E-state index in [1.807, 2.05) is 36.2 Å². The van der Waals surface area contributed by atoms with Crippen LogP contribution in [0.25, 0.3) is 0 Å². The highest BCUT2D eigenvalue weighted by atomic mass is 16.3. The number of hydrogen-bond acceptors (Lipinski definition) is 2. The van der Waals surface area contributed by atoms with Crippen LogP contribution < -0.4 is 0 Å². The van der Waals surface area contributed by atoms with Crippen LogP contribution in [0.15, 0.2) is 46.9 Å². The summed E-state index contributed by atoms with van der Waals surface area (Å²) >= 11 is 0. The second kappa shape index (κ2) is 5.80. The van der Waals surface area contributed by atoms with Crippen LogP contribution in [-0.4, -0.2) is 17.9 Å². The maximum Gasteiger partial charge on any atom is 0.233 e. The summed E-state index contributed by atoms with van der Waals surface area (Å²) in [6.45, 7) is 2.80. The third-order valence-corrected chi connectivity index (χ3v) is 5.84. The Morgan fingerprint density at radius 2 is 1.92 bits per heavy atom. The molecule has 1 aromatic heterocycles. The highest BCUT2D eigenvalue weighted by Gasteiger charge is 2.47. The normalized spacial score (nSPS) is 24.2. The van der Waals surface area contributed by atoms with E-state index in [1.165, 1.54) is 6.42 Å². The molecule has 2 atom stereocenters. The largest absolute Gasteiger partial charge is 0.464 e. The smallest absolute Gasteiger partial charge is 0.233 e. The molecule has 2 aromatic rings. The van der Waals surface area contributed by atoms with Crippen LogP contribution in [0.4, 0.5) is 0 Å². The zero-order valence-electron chi connectivity index (χ0n) is 14.5. The Labute approximate surface area is 143 Å². The molecule has 2 fully saturated rings. The van der Waals surface area contributed by atoms with E-state index in [2.05, 4.69) is 25.1 Å². The van der Waals surface area contributed by atoms with E-state index in [4.69, 9.17) is 4.42 Å². The van der Waals surface area contributed by atoms with E-state index in [9.17, 15) is 4.79 Å². The predicted molar refractivity (Wildman–Crippen MR) is 93.7 cm³/mol. The van der Waals surface area contributed by atoms with Crippen molar-refractivity contribution in [1.29, 1.82) is 0 Å². The molecule has 24 heavy (non-hydrogen) atoms. The minimum absolute atomic E-state index is 0.220. The molecule has 1 amide bonds. The molecule has 1 aromatic carbocycles. The molecule has 0 spiro atoms. The van der Waals surface area contributed by atoms with Gasteiger partial charge in [0.25, 0.3) is 0 Å². The Balaban J connectivity index is 1.48. The van der Waals surface area contributed by atoms with Crippen molar-refractivity contribution >= 4 is 5.91 Å². The molecule has 0 radical (unpaired) electrons. The van der Waals surface area contributed by atoms with Crippen LogP contribution in [0.1, 0.15) is 55.6 Å². The average Bonchev–Trinajstić information content (AvgIpc) is 3.09. The fraction of sp³-hybridized carbons (Fsp3) is 0.476. The van der Waals surface area contributed by atoms with E-state index in [1.54, 1.807) is 0 Å². The van der Waals surface area contributed by atoms with Gasteiger partial charge in [0.1, 0.15) is 11.5 Å². The van der Waals surface area contributed by atoms with E-state index >= 15 is 0 Å².